The first kappa shape index (κ1) is 14.8. The Hall–Kier alpha value is -2.21. The Labute approximate surface area is 111 Å². The molecule has 0 aliphatic carbocycles. The summed E-state index contributed by atoms with van der Waals surface area (Å²) in [5.74, 6) is -1.71. The van der Waals surface area contributed by atoms with Crippen LogP contribution < -0.4 is 5.32 Å². The summed E-state index contributed by atoms with van der Waals surface area (Å²) in [7, 11) is 0. The van der Waals surface area contributed by atoms with Gasteiger partial charge in [-0.05, 0) is 19.1 Å². The largest absolute Gasteiger partial charge is 0.478 e. The summed E-state index contributed by atoms with van der Waals surface area (Å²) in [6.45, 7) is 6.55. The van der Waals surface area contributed by atoms with Crippen molar-refractivity contribution >= 4 is 11.9 Å². The predicted molar refractivity (Wildman–Crippen MR) is 69.2 cm³/mol. The Morgan fingerprint density at radius 1 is 1.53 bits per heavy atom. The number of ether oxygens (including phenoxy) is 1. The molecule has 6 nitrogen and oxygen atoms in total. The maximum absolute atomic E-state index is 11.8. The van der Waals surface area contributed by atoms with Crippen LogP contribution in [-0.4, -0.2) is 41.7 Å². The standard InChI is InChI=1S/C13H16N2O4/c1-9(2)8-19-7-6-15-12(16)11-10(13(17)18)4-3-5-14-11/h3-5H,1,6-8H2,2H3,(H,15,16)(H,17,18). The molecule has 0 spiro atoms. The molecule has 19 heavy (non-hydrogen) atoms. The first-order chi connectivity index (χ1) is 9.02. The molecule has 0 bridgehead atoms. The number of hydrogen-bond acceptors (Lipinski definition) is 4. The minimum absolute atomic E-state index is 0.102. The second-order valence-electron chi connectivity index (χ2n) is 3.97. The van der Waals surface area contributed by atoms with E-state index in [1.807, 2.05) is 6.92 Å². The lowest BCUT2D eigenvalue weighted by molar-refractivity contribution is 0.0689. The van der Waals surface area contributed by atoms with Gasteiger partial charge in [-0.2, -0.15) is 0 Å². The van der Waals surface area contributed by atoms with E-state index in [2.05, 4.69) is 16.9 Å². The number of carbonyl (C=O) groups is 2. The van der Waals surface area contributed by atoms with Gasteiger partial charge in [-0.1, -0.05) is 12.2 Å². The van der Waals surface area contributed by atoms with Crippen molar-refractivity contribution in [2.75, 3.05) is 19.8 Å². The van der Waals surface area contributed by atoms with Gasteiger partial charge in [-0.25, -0.2) is 4.79 Å². The van der Waals surface area contributed by atoms with Gasteiger partial charge in [-0.15, -0.1) is 0 Å². The van der Waals surface area contributed by atoms with Gasteiger partial charge in [0.25, 0.3) is 5.91 Å². The summed E-state index contributed by atoms with van der Waals surface area (Å²) in [5, 5.41) is 11.5. The minimum atomic E-state index is -1.18. The molecule has 6 heteroatoms. The number of nitrogens with zero attached hydrogens (tertiary/aromatic N) is 1. The number of rotatable bonds is 7. The third kappa shape index (κ3) is 4.89. The van der Waals surface area contributed by atoms with Crippen molar-refractivity contribution in [3.63, 3.8) is 0 Å². The van der Waals surface area contributed by atoms with Crippen molar-refractivity contribution in [1.29, 1.82) is 0 Å². The molecule has 0 saturated carbocycles. The number of amides is 1. The van der Waals surface area contributed by atoms with E-state index in [9.17, 15) is 9.59 Å². The second-order valence-corrected chi connectivity index (χ2v) is 3.97. The van der Waals surface area contributed by atoms with Crippen LogP contribution in [0.5, 0.6) is 0 Å². The first-order valence-electron chi connectivity index (χ1n) is 5.71. The average Bonchev–Trinajstić information content (AvgIpc) is 2.37. The Morgan fingerprint density at radius 2 is 2.26 bits per heavy atom. The third-order valence-corrected chi connectivity index (χ3v) is 2.13. The molecule has 1 aromatic heterocycles. The van der Waals surface area contributed by atoms with E-state index in [1.165, 1.54) is 18.3 Å². The number of aromatic carboxylic acids is 1. The Bertz CT molecular complexity index is 485. The predicted octanol–water partition coefficient (Wildman–Crippen LogP) is 1.10. The second kappa shape index (κ2) is 7.27. The molecule has 0 radical (unpaired) electrons. The van der Waals surface area contributed by atoms with Crippen LogP contribution in [0, 0.1) is 0 Å². The molecule has 1 heterocycles. The fourth-order valence-electron chi connectivity index (χ4n) is 1.33. The zero-order valence-electron chi connectivity index (χ0n) is 10.7. The molecule has 0 unspecified atom stereocenters. The maximum Gasteiger partial charge on any atom is 0.338 e. The molecule has 1 amide bonds. The molecule has 0 saturated heterocycles. The fraction of sp³-hybridized carbons (Fsp3) is 0.308. The van der Waals surface area contributed by atoms with E-state index in [4.69, 9.17) is 9.84 Å². The quantitative estimate of drug-likeness (QED) is 0.568. The number of pyridine rings is 1. The summed E-state index contributed by atoms with van der Waals surface area (Å²) in [4.78, 5) is 26.5. The van der Waals surface area contributed by atoms with Crippen LogP contribution in [0.2, 0.25) is 0 Å². The van der Waals surface area contributed by atoms with Crippen LogP contribution >= 0.6 is 0 Å². The molecule has 0 atom stereocenters. The van der Waals surface area contributed by atoms with Crippen LogP contribution in [0.1, 0.15) is 27.8 Å². The molecule has 0 aliphatic heterocycles. The van der Waals surface area contributed by atoms with Crippen molar-refractivity contribution in [2.24, 2.45) is 0 Å². The highest BCUT2D eigenvalue weighted by Crippen LogP contribution is 2.04. The van der Waals surface area contributed by atoms with Crippen molar-refractivity contribution in [2.45, 2.75) is 6.92 Å². The molecular formula is C13H16N2O4. The number of carboxylic acids is 1. The number of carbonyl (C=O) groups excluding carboxylic acids is 1. The summed E-state index contributed by atoms with van der Waals surface area (Å²) >= 11 is 0. The molecule has 1 aromatic rings. The van der Waals surface area contributed by atoms with Gasteiger partial charge in [0.15, 0.2) is 0 Å². The topological polar surface area (TPSA) is 88.5 Å². The highest BCUT2D eigenvalue weighted by molar-refractivity contribution is 6.03. The fourth-order valence-corrected chi connectivity index (χ4v) is 1.33. The third-order valence-electron chi connectivity index (χ3n) is 2.13. The molecule has 1 rings (SSSR count). The van der Waals surface area contributed by atoms with E-state index < -0.39 is 11.9 Å². The Balaban J connectivity index is 2.50. The van der Waals surface area contributed by atoms with Crippen molar-refractivity contribution in [1.82, 2.24) is 10.3 Å². The zero-order chi connectivity index (χ0) is 14.3. The smallest absolute Gasteiger partial charge is 0.338 e. The van der Waals surface area contributed by atoms with Gasteiger partial charge in [0.1, 0.15) is 5.69 Å². The molecule has 2 N–H and O–H groups in total. The van der Waals surface area contributed by atoms with Crippen LogP contribution in [0.3, 0.4) is 0 Å². The highest BCUT2D eigenvalue weighted by Gasteiger charge is 2.16. The molecular weight excluding hydrogens is 248 g/mol. The summed E-state index contributed by atoms with van der Waals surface area (Å²) in [6, 6.07) is 2.80. The maximum atomic E-state index is 11.8. The van der Waals surface area contributed by atoms with Gasteiger partial charge in [0.2, 0.25) is 0 Å². The monoisotopic (exact) mass is 264 g/mol. The molecule has 0 fully saturated rings. The van der Waals surface area contributed by atoms with Crippen LogP contribution in [0.25, 0.3) is 0 Å². The average molecular weight is 264 g/mol. The molecule has 0 aromatic carbocycles. The molecule has 0 aliphatic rings. The molecule has 102 valence electrons. The summed E-state index contributed by atoms with van der Waals surface area (Å²) in [5.41, 5.74) is 0.668. The Kier molecular flexibility index (Phi) is 5.69. The first-order valence-corrected chi connectivity index (χ1v) is 5.71. The van der Waals surface area contributed by atoms with Gasteiger partial charge in [0.05, 0.1) is 18.8 Å². The van der Waals surface area contributed by atoms with Crippen molar-refractivity contribution in [3.05, 3.63) is 41.7 Å². The van der Waals surface area contributed by atoms with Crippen LogP contribution in [0.4, 0.5) is 0 Å². The van der Waals surface area contributed by atoms with Crippen LogP contribution in [-0.2, 0) is 4.74 Å². The SMILES string of the molecule is C=C(C)COCCNC(=O)c1ncccc1C(=O)O. The lowest BCUT2D eigenvalue weighted by Gasteiger charge is -2.07. The van der Waals surface area contributed by atoms with E-state index in [0.29, 0.717) is 13.2 Å². The summed E-state index contributed by atoms with van der Waals surface area (Å²) < 4.78 is 5.21. The van der Waals surface area contributed by atoms with Gasteiger partial charge < -0.3 is 15.2 Å². The highest BCUT2D eigenvalue weighted by atomic mass is 16.5. The summed E-state index contributed by atoms with van der Waals surface area (Å²) in [6.07, 6.45) is 1.37. The number of nitrogens with one attached hydrogen (secondary N) is 1. The zero-order valence-corrected chi connectivity index (χ0v) is 10.7. The number of aromatic nitrogens is 1. The normalized spacial score (nSPS) is 9.95. The minimum Gasteiger partial charge on any atom is -0.478 e. The lowest BCUT2D eigenvalue weighted by Crippen LogP contribution is -2.29. The Morgan fingerprint density at radius 3 is 2.89 bits per heavy atom. The van der Waals surface area contributed by atoms with E-state index >= 15 is 0 Å². The van der Waals surface area contributed by atoms with E-state index in [-0.39, 0.29) is 17.8 Å². The van der Waals surface area contributed by atoms with E-state index in [1.54, 1.807) is 0 Å². The van der Waals surface area contributed by atoms with Crippen LogP contribution in [0.15, 0.2) is 30.5 Å². The van der Waals surface area contributed by atoms with Crippen molar-refractivity contribution < 1.29 is 19.4 Å². The lowest BCUT2D eigenvalue weighted by atomic mass is 10.2. The van der Waals surface area contributed by atoms with Crippen molar-refractivity contribution in [3.8, 4) is 0 Å². The number of hydrogen-bond donors (Lipinski definition) is 2. The van der Waals surface area contributed by atoms with Gasteiger partial charge in [0, 0.05) is 12.7 Å². The van der Waals surface area contributed by atoms with E-state index in [0.717, 1.165) is 5.57 Å². The van der Waals surface area contributed by atoms with Gasteiger partial charge >= 0.3 is 5.97 Å². The van der Waals surface area contributed by atoms with Gasteiger partial charge in [-0.3, -0.25) is 9.78 Å². The number of carboxylic acid groups (broad SMARTS) is 1.